The van der Waals surface area contributed by atoms with Crippen molar-refractivity contribution in [1.29, 1.82) is 0 Å². The van der Waals surface area contributed by atoms with Gasteiger partial charge in [-0.2, -0.15) is 0 Å². The van der Waals surface area contributed by atoms with Crippen molar-refractivity contribution in [2.24, 2.45) is 5.92 Å². The van der Waals surface area contributed by atoms with Crippen molar-refractivity contribution in [3.05, 3.63) is 82.1 Å². The highest BCUT2D eigenvalue weighted by molar-refractivity contribution is 7.15. The highest BCUT2D eigenvalue weighted by atomic mass is 32.1. The number of anilines is 1. The van der Waals surface area contributed by atoms with Gasteiger partial charge >= 0.3 is 0 Å². The average molecular weight is 424 g/mol. The molecular weight excluding hydrogens is 397 g/mol. The summed E-state index contributed by atoms with van der Waals surface area (Å²) < 4.78 is 13.0. The predicted molar refractivity (Wildman–Crippen MR) is 119 cm³/mol. The van der Waals surface area contributed by atoms with E-state index >= 15 is 0 Å². The van der Waals surface area contributed by atoms with Crippen molar-refractivity contribution in [2.75, 3.05) is 18.4 Å². The van der Waals surface area contributed by atoms with Crippen LogP contribution in [0.25, 0.3) is 0 Å². The fraction of sp³-hybridized carbons (Fsp3) is 0.333. The fourth-order valence-corrected chi connectivity index (χ4v) is 4.50. The Labute approximate surface area is 180 Å². The number of hydrogen-bond donors (Lipinski definition) is 1. The maximum Gasteiger partial charge on any atom is 0.257 e. The van der Waals surface area contributed by atoms with Gasteiger partial charge in [0, 0.05) is 29.6 Å². The van der Waals surface area contributed by atoms with E-state index in [1.54, 1.807) is 18.3 Å². The third-order valence-electron chi connectivity index (χ3n) is 5.56. The number of hydrogen-bond acceptors (Lipinski definition) is 4. The lowest BCUT2D eigenvalue weighted by Gasteiger charge is -2.30. The molecule has 0 saturated carbocycles. The summed E-state index contributed by atoms with van der Waals surface area (Å²) >= 11 is 1.44. The van der Waals surface area contributed by atoms with E-state index in [9.17, 15) is 9.18 Å². The number of halogens is 1. The standard InChI is InChI=1S/C24H26FN3OS/c1-17-10-12-28(13-11-17)16-19-2-6-20(7-3-19)23(29)27-24-26-15-22(30-24)14-18-4-8-21(25)9-5-18/h2-9,15,17H,10-14,16H2,1H3,(H,26,27,29). The molecular formula is C24H26FN3OS. The van der Waals surface area contributed by atoms with Crippen LogP contribution in [0.4, 0.5) is 9.52 Å². The van der Waals surface area contributed by atoms with E-state index in [2.05, 4.69) is 22.1 Å². The molecule has 2 aromatic carbocycles. The Morgan fingerprint density at radius 1 is 1.10 bits per heavy atom. The van der Waals surface area contributed by atoms with Crippen LogP contribution in [-0.2, 0) is 13.0 Å². The summed E-state index contributed by atoms with van der Waals surface area (Å²) in [4.78, 5) is 20.4. The number of carbonyl (C=O) groups excluding carboxylic acids is 1. The summed E-state index contributed by atoms with van der Waals surface area (Å²) in [6.07, 6.45) is 4.94. The molecule has 4 nitrogen and oxygen atoms in total. The van der Waals surface area contributed by atoms with E-state index in [-0.39, 0.29) is 11.7 Å². The highest BCUT2D eigenvalue weighted by Crippen LogP contribution is 2.22. The van der Waals surface area contributed by atoms with Crippen LogP contribution in [0, 0.1) is 11.7 Å². The molecule has 1 aliphatic rings. The molecule has 1 aliphatic heterocycles. The van der Waals surface area contributed by atoms with Gasteiger partial charge in [0.1, 0.15) is 5.82 Å². The van der Waals surface area contributed by atoms with E-state index in [0.29, 0.717) is 17.1 Å². The van der Waals surface area contributed by atoms with Crippen molar-refractivity contribution in [3.63, 3.8) is 0 Å². The molecule has 1 saturated heterocycles. The monoisotopic (exact) mass is 423 g/mol. The van der Waals surface area contributed by atoms with Gasteiger partial charge in [-0.25, -0.2) is 9.37 Å². The molecule has 1 fully saturated rings. The van der Waals surface area contributed by atoms with Gasteiger partial charge in [0.05, 0.1) is 0 Å². The molecule has 0 atom stereocenters. The first-order valence-electron chi connectivity index (χ1n) is 10.4. The fourth-order valence-electron chi connectivity index (χ4n) is 3.66. The largest absolute Gasteiger partial charge is 0.299 e. The summed E-state index contributed by atoms with van der Waals surface area (Å²) in [6, 6.07) is 14.3. The van der Waals surface area contributed by atoms with Gasteiger partial charge < -0.3 is 0 Å². The van der Waals surface area contributed by atoms with E-state index < -0.39 is 0 Å². The quantitative estimate of drug-likeness (QED) is 0.581. The molecule has 3 aromatic rings. The topological polar surface area (TPSA) is 45.2 Å². The number of benzene rings is 2. The molecule has 0 radical (unpaired) electrons. The summed E-state index contributed by atoms with van der Waals surface area (Å²) in [5, 5.41) is 3.45. The van der Waals surface area contributed by atoms with Gasteiger partial charge in [-0.05, 0) is 67.2 Å². The van der Waals surface area contributed by atoms with E-state index in [0.717, 1.165) is 36.0 Å². The third-order valence-corrected chi connectivity index (χ3v) is 6.48. The molecule has 1 N–H and O–H groups in total. The maximum atomic E-state index is 13.0. The van der Waals surface area contributed by atoms with Gasteiger partial charge in [-0.15, -0.1) is 11.3 Å². The molecule has 30 heavy (non-hydrogen) atoms. The number of likely N-dealkylation sites (tertiary alicyclic amines) is 1. The lowest BCUT2D eigenvalue weighted by atomic mass is 9.99. The molecule has 1 aromatic heterocycles. The van der Waals surface area contributed by atoms with Crippen molar-refractivity contribution in [1.82, 2.24) is 9.88 Å². The second-order valence-electron chi connectivity index (χ2n) is 8.04. The Morgan fingerprint density at radius 2 is 1.77 bits per heavy atom. The predicted octanol–water partition coefficient (Wildman–Crippen LogP) is 5.36. The number of thiazole rings is 1. The minimum atomic E-state index is -0.243. The van der Waals surface area contributed by atoms with Crippen molar-refractivity contribution >= 4 is 22.4 Å². The minimum absolute atomic E-state index is 0.156. The van der Waals surface area contributed by atoms with E-state index in [4.69, 9.17) is 0 Å². The lowest BCUT2D eigenvalue weighted by Crippen LogP contribution is -2.32. The van der Waals surface area contributed by atoms with E-state index in [1.807, 2.05) is 24.3 Å². The molecule has 0 bridgehead atoms. The Morgan fingerprint density at radius 3 is 2.47 bits per heavy atom. The van der Waals surface area contributed by atoms with Crippen LogP contribution >= 0.6 is 11.3 Å². The molecule has 0 spiro atoms. The smallest absolute Gasteiger partial charge is 0.257 e. The number of amides is 1. The number of piperidine rings is 1. The van der Waals surface area contributed by atoms with Gasteiger partial charge in [0.15, 0.2) is 5.13 Å². The first kappa shape index (κ1) is 20.7. The summed E-state index contributed by atoms with van der Waals surface area (Å²) in [5.41, 5.74) is 2.87. The van der Waals surface area contributed by atoms with E-state index in [1.165, 1.54) is 41.9 Å². The zero-order chi connectivity index (χ0) is 20.9. The zero-order valence-electron chi connectivity index (χ0n) is 17.1. The van der Waals surface area contributed by atoms with Crippen molar-refractivity contribution < 1.29 is 9.18 Å². The summed E-state index contributed by atoms with van der Waals surface area (Å²) in [6.45, 7) is 5.55. The van der Waals surface area contributed by atoms with Crippen LogP contribution < -0.4 is 5.32 Å². The Bertz CT molecular complexity index is 976. The average Bonchev–Trinajstić information content (AvgIpc) is 3.18. The molecule has 1 amide bonds. The maximum absolute atomic E-state index is 13.0. The molecule has 4 rings (SSSR count). The van der Waals surface area contributed by atoms with Crippen LogP contribution in [0.2, 0.25) is 0 Å². The van der Waals surface area contributed by atoms with Crippen molar-refractivity contribution in [2.45, 2.75) is 32.7 Å². The second kappa shape index (κ2) is 9.49. The first-order chi connectivity index (χ1) is 14.5. The summed E-state index contributed by atoms with van der Waals surface area (Å²) in [5.74, 6) is 0.429. The lowest BCUT2D eigenvalue weighted by molar-refractivity contribution is 0.102. The zero-order valence-corrected chi connectivity index (χ0v) is 17.9. The number of rotatable bonds is 6. The van der Waals surface area contributed by atoms with Gasteiger partial charge in [-0.1, -0.05) is 31.2 Å². The molecule has 0 unspecified atom stereocenters. The number of carbonyl (C=O) groups is 1. The number of nitrogens with zero attached hydrogens (tertiary/aromatic N) is 2. The highest BCUT2D eigenvalue weighted by Gasteiger charge is 2.16. The summed E-state index contributed by atoms with van der Waals surface area (Å²) in [7, 11) is 0. The van der Waals surface area contributed by atoms with Crippen LogP contribution in [0.1, 0.15) is 46.1 Å². The van der Waals surface area contributed by atoms with Gasteiger partial charge in [0.25, 0.3) is 5.91 Å². The molecule has 0 aliphatic carbocycles. The number of aromatic nitrogens is 1. The first-order valence-corrected chi connectivity index (χ1v) is 11.2. The van der Waals surface area contributed by atoms with Gasteiger partial charge in [0.2, 0.25) is 0 Å². The normalized spacial score (nSPS) is 15.3. The van der Waals surface area contributed by atoms with Crippen LogP contribution in [0.3, 0.4) is 0 Å². The van der Waals surface area contributed by atoms with Crippen LogP contribution in [0.5, 0.6) is 0 Å². The van der Waals surface area contributed by atoms with Crippen molar-refractivity contribution in [3.8, 4) is 0 Å². The Kier molecular flexibility index (Phi) is 6.55. The number of nitrogens with one attached hydrogen (secondary N) is 1. The Balaban J connectivity index is 1.31. The Hall–Kier alpha value is -2.57. The van der Waals surface area contributed by atoms with Crippen LogP contribution in [-0.4, -0.2) is 28.9 Å². The molecule has 2 heterocycles. The molecule has 6 heteroatoms. The third kappa shape index (κ3) is 5.52. The minimum Gasteiger partial charge on any atom is -0.299 e. The van der Waals surface area contributed by atoms with Gasteiger partial charge in [-0.3, -0.25) is 15.0 Å². The molecule has 156 valence electrons. The SMILES string of the molecule is CC1CCN(Cc2ccc(C(=O)Nc3ncc(Cc4ccc(F)cc4)s3)cc2)CC1. The second-order valence-corrected chi connectivity index (χ2v) is 9.16. The van der Waals surface area contributed by atoms with Crippen LogP contribution in [0.15, 0.2) is 54.7 Å².